The van der Waals surface area contributed by atoms with Crippen LogP contribution in [0.15, 0.2) is 180 Å². The molecular formula is C49H29N5OS. The van der Waals surface area contributed by atoms with Gasteiger partial charge in [0.2, 0.25) is 0 Å². The number of nitrogens with zero attached hydrogens (tertiary/aromatic N) is 5. The smallest absolute Gasteiger partial charge is 0.180 e. The van der Waals surface area contributed by atoms with Crippen LogP contribution in [0.5, 0.6) is 0 Å². The monoisotopic (exact) mass is 735 g/mol. The Morgan fingerprint density at radius 2 is 0.911 bits per heavy atom. The van der Waals surface area contributed by atoms with E-state index in [0.29, 0.717) is 28.9 Å². The van der Waals surface area contributed by atoms with Gasteiger partial charge < -0.3 is 4.42 Å². The van der Waals surface area contributed by atoms with Crippen molar-refractivity contribution in [3.05, 3.63) is 176 Å². The van der Waals surface area contributed by atoms with E-state index in [1.54, 1.807) is 11.3 Å². The van der Waals surface area contributed by atoms with Crippen molar-refractivity contribution in [2.75, 3.05) is 0 Å². The third-order valence-corrected chi connectivity index (χ3v) is 11.3. The summed E-state index contributed by atoms with van der Waals surface area (Å²) in [5.74, 6) is 2.55. The van der Waals surface area contributed by atoms with Crippen molar-refractivity contribution >= 4 is 53.6 Å². The summed E-state index contributed by atoms with van der Waals surface area (Å²) in [6.45, 7) is 0. The van der Waals surface area contributed by atoms with E-state index < -0.39 is 0 Å². The normalized spacial score (nSPS) is 11.6. The van der Waals surface area contributed by atoms with E-state index >= 15 is 0 Å². The number of aromatic nitrogens is 5. The van der Waals surface area contributed by atoms with Crippen LogP contribution in [0, 0.1) is 0 Å². The Kier molecular flexibility index (Phi) is 7.57. The number of fused-ring (bicyclic) bond motifs is 6. The summed E-state index contributed by atoms with van der Waals surface area (Å²) in [5.41, 5.74) is 10.0. The second kappa shape index (κ2) is 13.2. The largest absolute Gasteiger partial charge is 0.452 e. The fourth-order valence-electron chi connectivity index (χ4n) is 7.39. The van der Waals surface area contributed by atoms with E-state index in [2.05, 4.69) is 91.0 Å². The Hall–Kier alpha value is -7.35. The summed E-state index contributed by atoms with van der Waals surface area (Å²) in [7, 11) is 0. The van der Waals surface area contributed by atoms with Crippen LogP contribution in [-0.4, -0.2) is 24.9 Å². The molecule has 0 saturated carbocycles. The van der Waals surface area contributed by atoms with Crippen LogP contribution in [0.3, 0.4) is 0 Å². The average molecular weight is 736 g/mol. The highest BCUT2D eigenvalue weighted by Crippen LogP contribution is 2.41. The molecule has 262 valence electrons. The van der Waals surface area contributed by atoms with Gasteiger partial charge in [-0.25, -0.2) is 24.9 Å². The topological polar surface area (TPSA) is 77.6 Å². The molecule has 0 aliphatic carbocycles. The SMILES string of the molecule is c1ccc(-c2cccc(-c3nc(-c4ccccc4)nc(-c4ccc5sc6cc(-c7nc(-c8ccccc8)nc8c7oc7ccccc78)ccc6c5c4)n3)c2)cc1. The summed E-state index contributed by atoms with van der Waals surface area (Å²) in [4.78, 5) is 25.3. The molecular weight excluding hydrogens is 707 g/mol. The minimum absolute atomic E-state index is 0.624. The van der Waals surface area contributed by atoms with E-state index in [4.69, 9.17) is 29.3 Å². The van der Waals surface area contributed by atoms with Gasteiger partial charge in [0.1, 0.15) is 16.8 Å². The summed E-state index contributed by atoms with van der Waals surface area (Å²) in [6.07, 6.45) is 0. The van der Waals surface area contributed by atoms with E-state index in [1.807, 2.05) is 84.9 Å². The number of para-hydroxylation sites is 1. The van der Waals surface area contributed by atoms with Gasteiger partial charge in [0, 0.05) is 53.4 Å². The highest BCUT2D eigenvalue weighted by atomic mass is 32.1. The van der Waals surface area contributed by atoms with Gasteiger partial charge in [-0.2, -0.15) is 0 Å². The number of thiophene rings is 1. The number of hydrogen-bond donors (Lipinski definition) is 0. The zero-order chi connectivity index (χ0) is 37.0. The second-order valence-electron chi connectivity index (χ2n) is 13.7. The fourth-order valence-corrected chi connectivity index (χ4v) is 8.51. The molecule has 4 heterocycles. The molecule has 0 spiro atoms. The molecule has 0 unspecified atom stereocenters. The van der Waals surface area contributed by atoms with Gasteiger partial charge in [-0.3, -0.25) is 0 Å². The Morgan fingerprint density at radius 1 is 0.339 bits per heavy atom. The maximum atomic E-state index is 6.44. The van der Waals surface area contributed by atoms with Gasteiger partial charge in [0.25, 0.3) is 0 Å². The van der Waals surface area contributed by atoms with Crippen molar-refractivity contribution in [3.63, 3.8) is 0 Å². The number of benzene rings is 7. The van der Waals surface area contributed by atoms with Crippen LogP contribution < -0.4 is 0 Å². The molecule has 56 heavy (non-hydrogen) atoms. The fraction of sp³-hybridized carbons (Fsp3) is 0. The van der Waals surface area contributed by atoms with Crippen molar-refractivity contribution < 1.29 is 4.42 Å². The molecule has 6 nitrogen and oxygen atoms in total. The third-order valence-electron chi connectivity index (χ3n) is 10.1. The second-order valence-corrected chi connectivity index (χ2v) is 14.8. The summed E-state index contributed by atoms with van der Waals surface area (Å²) < 4.78 is 8.76. The minimum atomic E-state index is 0.624. The first kappa shape index (κ1) is 32.1. The standard InChI is InChI=1S/C49H29N5OS/c1-4-13-30(14-5-1)33-19-12-20-35(27-33)48-52-47(32-17-8-3-9-18-32)53-49(54-48)36-24-26-41-39(28-36)37-25-23-34(29-42(37)56-41)43-45-44(38-21-10-11-22-40(38)55-45)51-46(50-43)31-15-6-2-7-16-31/h1-29H. The van der Waals surface area contributed by atoms with Gasteiger partial charge in [-0.05, 0) is 53.6 Å². The lowest BCUT2D eigenvalue weighted by Crippen LogP contribution is -2.00. The van der Waals surface area contributed by atoms with Gasteiger partial charge in [-0.1, -0.05) is 133 Å². The zero-order valence-corrected chi connectivity index (χ0v) is 30.6. The van der Waals surface area contributed by atoms with Crippen LogP contribution in [-0.2, 0) is 0 Å². The molecule has 7 aromatic carbocycles. The lowest BCUT2D eigenvalue weighted by molar-refractivity contribution is 0.667. The van der Waals surface area contributed by atoms with E-state index in [9.17, 15) is 0 Å². The number of hydrogen-bond acceptors (Lipinski definition) is 7. The first-order valence-corrected chi connectivity index (χ1v) is 19.2. The lowest BCUT2D eigenvalue weighted by Gasteiger charge is -2.10. The molecule has 7 heteroatoms. The van der Waals surface area contributed by atoms with Gasteiger partial charge >= 0.3 is 0 Å². The molecule has 11 aromatic rings. The van der Waals surface area contributed by atoms with Crippen LogP contribution >= 0.6 is 11.3 Å². The maximum absolute atomic E-state index is 6.44. The van der Waals surface area contributed by atoms with Gasteiger partial charge in [0.15, 0.2) is 28.9 Å². The molecule has 4 aromatic heterocycles. The molecule has 11 rings (SSSR count). The highest BCUT2D eigenvalue weighted by Gasteiger charge is 2.20. The lowest BCUT2D eigenvalue weighted by atomic mass is 10.0. The molecule has 0 N–H and O–H groups in total. The zero-order valence-electron chi connectivity index (χ0n) is 29.8. The van der Waals surface area contributed by atoms with Gasteiger partial charge in [0.05, 0.1) is 0 Å². The third kappa shape index (κ3) is 5.61. The highest BCUT2D eigenvalue weighted by molar-refractivity contribution is 7.25. The van der Waals surface area contributed by atoms with Crippen LogP contribution in [0.2, 0.25) is 0 Å². The van der Waals surface area contributed by atoms with Gasteiger partial charge in [-0.15, -0.1) is 11.3 Å². The molecule has 0 atom stereocenters. The van der Waals surface area contributed by atoms with Crippen molar-refractivity contribution in [1.29, 1.82) is 0 Å². The molecule has 0 saturated heterocycles. The molecule has 0 aliphatic rings. The number of rotatable bonds is 6. The van der Waals surface area contributed by atoms with E-state index in [1.165, 1.54) is 4.70 Å². The quantitative estimate of drug-likeness (QED) is 0.169. The van der Waals surface area contributed by atoms with Crippen molar-refractivity contribution in [2.45, 2.75) is 0 Å². The molecule has 0 aliphatic heterocycles. The summed E-state index contributed by atoms with van der Waals surface area (Å²) in [5, 5.41) is 3.27. The summed E-state index contributed by atoms with van der Waals surface area (Å²) in [6, 6.07) is 60.0. The average Bonchev–Trinajstić information content (AvgIpc) is 3.84. The minimum Gasteiger partial charge on any atom is -0.452 e. The van der Waals surface area contributed by atoms with Crippen LogP contribution in [0.4, 0.5) is 0 Å². The van der Waals surface area contributed by atoms with Crippen LogP contribution in [0.1, 0.15) is 0 Å². The van der Waals surface area contributed by atoms with Crippen molar-refractivity contribution in [3.8, 4) is 67.9 Å². The Morgan fingerprint density at radius 3 is 1.64 bits per heavy atom. The predicted molar refractivity (Wildman–Crippen MR) is 228 cm³/mol. The van der Waals surface area contributed by atoms with Crippen molar-refractivity contribution in [2.24, 2.45) is 0 Å². The maximum Gasteiger partial charge on any atom is 0.180 e. The Bertz CT molecular complexity index is 3250. The molecule has 0 fully saturated rings. The van der Waals surface area contributed by atoms with Crippen LogP contribution in [0.25, 0.3) is 110 Å². The first-order valence-electron chi connectivity index (χ1n) is 18.4. The summed E-state index contributed by atoms with van der Waals surface area (Å²) >= 11 is 1.76. The molecule has 0 radical (unpaired) electrons. The Balaban J connectivity index is 1.04. The van der Waals surface area contributed by atoms with E-state index in [0.717, 1.165) is 76.6 Å². The van der Waals surface area contributed by atoms with Crippen molar-refractivity contribution in [1.82, 2.24) is 24.9 Å². The first-order chi connectivity index (χ1) is 27.7. The number of furan rings is 1. The molecule has 0 bridgehead atoms. The predicted octanol–water partition coefficient (Wildman–Crippen LogP) is 12.9. The Labute approximate surface area is 325 Å². The molecule has 0 amide bonds. The van der Waals surface area contributed by atoms with E-state index in [-0.39, 0.29) is 0 Å².